The van der Waals surface area contributed by atoms with Gasteiger partial charge in [0.2, 0.25) is 0 Å². The standard InChI is InChI=1S/C21H20ClN3O3S2/c1-2-13-23-21(26)15-3-12-20(24-14-15)29-18-8-6-17(7-9-18)25-30(27,28)19-10-4-16(22)5-11-19/h3-12,14,25H,2,13H2,1H3,(H,23,26). The summed E-state index contributed by atoms with van der Waals surface area (Å²) in [5, 5.41) is 4.01. The first-order chi connectivity index (χ1) is 14.4. The predicted molar refractivity (Wildman–Crippen MR) is 120 cm³/mol. The molecule has 1 heterocycles. The maximum Gasteiger partial charge on any atom is 0.261 e. The zero-order valence-corrected chi connectivity index (χ0v) is 18.5. The average Bonchev–Trinajstić information content (AvgIpc) is 2.74. The first kappa shape index (κ1) is 22.1. The monoisotopic (exact) mass is 461 g/mol. The molecule has 9 heteroatoms. The molecule has 3 rings (SSSR count). The normalized spacial score (nSPS) is 11.1. The Morgan fingerprint density at radius 1 is 1.03 bits per heavy atom. The van der Waals surface area contributed by atoms with Crippen molar-refractivity contribution in [3.8, 4) is 0 Å². The Labute approximate surface area is 185 Å². The van der Waals surface area contributed by atoms with Crippen molar-refractivity contribution in [3.05, 3.63) is 77.4 Å². The van der Waals surface area contributed by atoms with E-state index in [0.29, 0.717) is 22.8 Å². The third-order valence-corrected chi connectivity index (χ3v) is 6.59. The molecule has 3 aromatic rings. The summed E-state index contributed by atoms with van der Waals surface area (Å²) < 4.78 is 27.4. The Balaban J connectivity index is 1.63. The van der Waals surface area contributed by atoms with Crippen LogP contribution in [0.1, 0.15) is 23.7 Å². The fraction of sp³-hybridized carbons (Fsp3) is 0.143. The molecule has 0 radical (unpaired) electrons. The summed E-state index contributed by atoms with van der Waals surface area (Å²) in [4.78, 5) is 17.3. The number of nitrogens with zero attached hydrogens (tertiary/aromatic N) is 1. The van der Waals surface area contributed by atoms with Crippen LogP contribution in [0.15, 0.2) is 81.7 Å². The van der Waals surface area contributed by atoms with E-state index in [2.05, 4.69) is 15.0 Å². The van der Waals surface area contributed by atoms with Gasteiger partial charge in [0, 0.05) is 28.3 Å². The van der Waals surface area contributed by atoms with Gasteiger partial charge < -0.3 is 5.32 Å². The number of rotatable bonds is 8. The molecule has 2 aromatic carbocycles. The summed E-state index contributed by atoms with van der Waals surface area (Å²) in [6.07, 6.45) is 2.42. The summed E-state index contributed by atoms with van der Waals surface area (Å²) in [7, 11) is -3.69. The highest BCUT2D eigenvalue weighted by Crippen LogP contribution is 2.28. The number of hydrogen-bond acceptors (Lipinski definition) is 5. The van der Waals surface area contributed by atoms with Crippen molar-refractivity contribution in [2.24, 2.45) is 0 Å². The number of halogens is 1. The minimum atomic E-state index is -3.69. The lowest BCUT2D eigenvalue weighted by atomic mass is 10.2. The lowest BCUT2D eigenvalue weighted by Gasteiger charge is -2.09. The molecule has 0 aliphatic heterocycles. The predicted octanol–water partition coefficient (Wildman–Crippen LogP) is 4.83. The molecule has 156 valence electrons. The van der Waals surface area contributed by atoms with Crippen LogP contribution in [0.5, 0.6) is 0 Å². The lowest BCUT2D eigenvalue weighted by molar-refractivity contribution is 0.0953. The van der Waals surface area contributed by atoms with Crippen LogP contribution in [0, 0.1) is 0 Å². The fourth-order valence-corrected chi connectivity index (χ4v) is 4.39. The number of sulfonamides is 1. The van der Waals surface area contributed by atoms with Gasteiger partial charge in [-0.1, -0.05) is 30.3 Å². The summed E-state index contributed by atoms with van der Waals surface area (Å²) in [6.45, 7) is 2.62. The van der Waals surface area contributed by atoms with Gasteiger partial charge in [0.25, 0.3) is 15.9 Å². The zero-order valence-electron chi connectivity index (χ0n) is 16.1. The molecule has 0 aliphatic rings. The van der Waals surface area contributed by atoms with Crippen LogP contribution >= 0.6 is 23.4 Å². The molecule has 0 atom stereocenters. The van der Waals surface area contributed by atoms with Crippen LogP contribution in [-0.2, 0) is 10.0 Å². The van der Waals surface area contributed by atoms with Gasteiger partial charge in [-0.2, -0.15) is 0 Å². The number of benzene rings is 2. The van der Waals surface area contributed by atoms with E-state index in [0.717, 1.165) is 16.3 Å². The quantitative estimate of drug-likeness (QED) is 0.501. The van der Waals surface area contributed by atoms with Crippen molar-refractivity contribution in [1.82, 2.24) is 10.3 Å². The molecular weight excluding hydrogens is 442 g/mol. The van der Waals surface area contributed by atoms with Crippen LogP contribution in [0.25, 0.3) is 0 Å². The first-order valence-electron chi connectivity index (χ1n) is 9.18. The molecule has 1 aromatic heterocycles. The number of amides is 1. The molecule has 0 bridgehead atoms. The highest BCUT2D eigenvalue weighted by molar-refractivity contribution is 7.99. The molecule has 0 saturated carbocycles. The van der Waals surface area contributed by atoms with Crippen molar-refractivity contribution in [1.29, 1.82) is 0 Å². The minimum absolute atomic E-state index is 0.137. The molecule has 0 spiro atoms. The van der Waals surface area contributed by atoms with Gasteiger partial charge in [-0.3, -0.25) is 9.52 Å². The maximum absolute atomic E-state index is 12.4. The van der Waals surface area contributed by atoms with Gasteiger partial charge in [-0.05, 0) is 67.1 Å². The summed E-state index contributed by atoms with van der Waals surface area (Å²) in [6, 6.07) is 16.4. The van der Waals surface area contributed by atoms with Gasteiger partial charge >= 0.3 is 0 Å². The van der Waals surface area contributed by atoms with E-state index < -0.39 is 10.0 Å². The van der Waals surface area contributed by atoms with E-state index in [1.54, 1.807) is 42.6 Å². The summed E-state index contributed by atoms with van der Waals surface area (Å²) in [5.41, 5.74) is 0.963. The number of anilines is 1. The minimum Gasteiger partial charge on any atom is -0.352 e. The highest BCUT2D eigenvalue weighted by Gasteiger charge is 2.14. The van der Waals surface area contributed by atoms with Gasteiger partial charge in [-0.25, -0.2) is 13.4 Å². The van der Waals surface area contributed by atoms with Crippen molar-refractivity contribution >= 4 is 45.0 Å². The zero-order chi connectivity index (χ0) is 21.6. The van der Waals surface area contributed by atoms with Crippen LogP contribution in [-0.4, -0.2) is 25.9 Å². The van der Waals surface area contributed by atoms with Gasteiger partial charge in [0.05, 0.1) is 10.5 Å². The second kappa shape index (κ2) is 9.97. The Kier molecular flexibility index (Phi) is 7.36. The van der Waals surface area contributed by atoms with Crippen molar-refractivity contribution < 1.29 is 13.2 Å². The summed E-state index contributed by atoms with van der Waals surface area (Å²) in [5.74, 6) is -0.141. The number of aromatic nitrogens is 1. The lowest BCUT2D eigenvalue weighted by Crippen LogP contribution is -2.23. The van der Waals surface area contributed by atoms with Crippen molar-refractivity contribution in [2.45, 2.75) is 28.2 Å². The van der Waals surface area contributed by atoms with Crippen LogP contribution in [0.4, 0.5) is 5.69 Å². The molecule has 0 fully saturated rings. The van der Waals surface area contributed by atoms with E-state index in [1.165, 1.54) is 36.0 Å². The molecule has 0 aliphatic carbocycles. The number of carbonyl (C=O) groups excluding carboxylic acids is 1. The molecular formula is C21H20ClN3O3S2. The Bertz CT molecular complexity index is 1100. The van der Waals surface area contributed by atoms with E-state index in [9.17, 15) is 13.2 Å². The Hall–Kier alpha value is -2.55. The number of carbonyl (C=O) groups is 1. The smallest absolute Gasteiger partial charge is 0.261 e. The van der Waals surface area contributed by atoms with Crippen molar-refractivity contribution in [3.63, 3.8) is 0 Å². The van der Waals surface area contributed by atoms with Gasteiger partial charge in [-0.15, -0.1) is 0 Å². The Morgan fingerprint density at radius 3 is 2.33 bits per heavy atom. The molecule has 2 N–H and O–H groups in total. The number of hydrogen-bond donors (Lipinski definition) is 2. The molecule has 1 amide bonds. The molecule has 6 nitrogen and oxygen atoms in total. The molecule has 0 saturated heterocycles. The fourth-order valence-electron chi connectivity index (χ4n) is 2.46. The van der Waals surface area contributed by atoms with E-state index in [4.69, 9.17) is 11.6 Å². The van der Waals surface area contributed by atoms with Gasteiger partial charge in [0.1, 0.15) is 5.03 Å². The van der Waals surface area contributed by atoms with Crippen LogP contribution in [0.2, 0.25) is 5.02 Å². The second-order valence-corrected chi connectivity index (χ2v) is 9.54. The average molecular weight is 462 g/mol. The van der Waals surface area contributed by atoms with Crippen LogP contribution in [0.3, 0.4) is 0 Å². The van der Waals surface area contributed by atoms with Gasteiger partial charge in [0.15, 0.2) is 0 Å². The summed E-state index contributed by atoms with van der Waals surface area (Å²) >= 11 is 7.22. The third kappa shape index (κ3) is 5.98. The van der Waals surface area contributed by atoms with E-state index in [1.807, 2.05) is 6.92 Å². The number of pyridine rings is 1. The molecule has 0 unspecified atom stereocenters. The van der Waals surface area contributed by atoms with Crippen LogP contribution < -0.4 is 10.0 Å². The third-order valence-electron chi connectivity index (χ3n) is 3.99. The van der Waals surface area contributed by atoms with E-state index in [-0.39, 0.29) is 10.8 Å². The van der Waals surface area contributed by atoms with Crippen molar-refractivity contribution in [2.75, 3.05) is 11.3 Å². The highest BCUT2D eigenvalue weighted by atomic mass is 35.5. The molecule has 30 heavy (non-hydrogen) atoms. The van der Waals surface area contributed by atoms with E-state index >= 15 is 0 Å². The maximum atomic E-state index is 12.4. The largest absolute Gasteiger partial charge is 0.352 e. The SMILES string of the molecule is CCCNC(=O)c1ccc(Sc2ccc(NS(=O)(=O)c3ccc(Cl)cc3)cc2)nc1. The second-order valence-electron chi connectivity index (χ2n) is 6.33. The topological polar surface area (TPSA) is 88.2 Å². The number of nitrogens with one attached hydrogen (secondary N) is 2. The Morgan fingerprint density at radius 2 is 1.73 bits per heavy atom. The first-order valence-corrected chi connectivity index (χ1v) is 11.9.